The predicted octanol–water partition coefficient (Wildman–Crippen LogP) is 3.48. The Balaban J connectivity index is 1.61. The van der Waals surface area contributed by atoms with Crippen molar-refractivity contribution >= 4 is 28.6 Å². The van der Waals surface area contributed by atoms with Gasteiger partial charge in [0.15, 0.2) is 0 Å². The zero-order valence-electron chi connectivity index (χ0n) is 14.9. The van der Waals surface area contributed by atoms with E-state index in [1.165, 1.54) is 12.3 Å². The first kappa shape index (κ1) is 17.3. The van der Waals surface area contributed by atoms with E-state index in [0.717, 1.165) is 16.5 Å². The van der Waals surface area contributed by atoms with Gasteiger partial charge in [-0.2, -0.15) is 9.78 Å². The van der Waals surface area contributed by atoms with Crippen molar-refractivity contribution in [2.75, 3.05) is 5.43 Å². The molecule has 0 unspecified atom stereocenters. The summed E-state index contributed by atoms with van der Waals surface area (Å²) in [6.45, 7) is 1.69. The number of fused-ring (bicyclic) bond motifs is 1. The number of hydrogen-bond acceptors (Lipinski definition) is 7. The lowest BCUT2D eigenvalue weighted by Gasteiger charge is -2.07. The number of aromatic nitrogens is 4. The van der Waals surface area contributed by atoms with E-state index < -0.39 is 4.92 Å². The highest BCUT2D eigenvalue weighted by Crippen LogP contribution is 2.23. The third-order valence-electron chi connectivity index (χ3n) is 4.27. The fourth-order valence-electron chi connectivity index (χ4n) is 2.88. The second kappa shape index (κ2) is 7.23. The summed E-state index contributed by atoms with van der Waals surface area (Å²) in [6.07, 6.45) is 1.48. The predicted molar refractivity (Wildman–Crippen MR) is 106 cm³/mol. The maximum atomic E-state index is 11.1. The number of rotatable bonds is 5. The van der Waals surface area contributed by atoms with Crippen LogP contribution in [0, 0.1) is 17.0 Å². The maximum Gasteiger partial charge on any atom is 0.272 e. The van der Waals surface area contributed by atoms with Crippen molar-refractivity contribution in [1.29, 1.82) is 0 Å². The van der Waals surface area contributed by atoms with E-state index in [9.17, 15) is 10.1 Å². The van der Waals surface area contributed by atoms with Crippen molar-refractivity contribution in [2.24, 2.45) is 5.10 Å². The van der Waals surface area contributed by atoms with Gasteiger partial charge in [-0.05, 0) is 28.8 Å². The number of hydrazone groups is 1. The summed E-state index contributed by atoms with van der Waals surface area (Å²) in [6, 6.07) is 18.7. The largest absolute Gasteiger partial charge is 0.272 e. The summed E-state index contributed by atoms with van der Waals surface area (Å²) in [5.74, 6) is 0.328. The fourth-order valence-corrected chi connectivity index (χ4v) is 2.88. The van der Waals surface area contributed by atoms with Crippen LogP contribution in [-0.4, -0.2) is 31.3 Å². The second-order valence-corrected chi connectivity index (χ2v) is 6.09. The summed E-state index contributed by atoms with van der Waals surface area (Å²) in [5.41, 5.74) is 4.84. The van der Waals surface area contributed by atoms with Crippen LogP contribution in [0.4, 0.5) is 11.6 Å². The number of nitro groups is 1. The van der Waals surface area contributed by atoms with Crippen LogP contribution in [0.15, 0.2) is 65.8 Å². The molecule has 1 heterocycles. The van der Waals surface area contributed by atoms with Crippen LogP contribution < -0.4 is 5.43 Å². The third kappa shape index (κ3) is 3.28. The smallest absolute Gasteiger partial charge is 0.258 e. The number of benzene rings is 3. The zero-order chi connectivity index (χ0) is 19.5. The molecule has 0 saturated carbocycles. The van der Waals surface area contributed by atoms with E-state index in [1.807, 2.05) is 42.5 Å². The Morgan fingerprint density at radius 1 is 1.14 bits per heavy atom. The quantitative estimate of drug-likeness (QED) is 0.326. The van der Waals surface area contributed by atoms with E-state index in [4.69, 9.17) is 0 Å². The van der Waals surface area contributed by atoms with Gasteiger partial charge in [0.05, 0.1) is 16.8 Å². The van der Waals surface area contributed by atoms with Crippen molar-refractivity contribution in [3.8, 4) is 5.69 Å². The van der Waals surface area contributed by atoms with Gasteiger partial charge in [0.2, 0.25) is 0 Å². The van der Waals surface area contributed by atoms with Crippen LogP contribution in [-0.2, 0) is 0 Å². The summed E-state index contributed by atoms with van der Waals surface area (Å²) in [7, 11) is 0. The Labute approximate surface area is 159 Å². The molecule has 0 saturated heterocycles. The molecule has 0 atom stereocenters. The highest BCUT2D eigenvalue weighted by Gasteiger charge is 2.11. The molecule has 3 aromatic carbocycles. The average Bonchev–Trinajstić information content (AvgIpc) is 3.17. The topological polar surface area (TPSA) is 111 Å². The SMILES string of the molecule is Cc1ccc(/C=N/Nc2nnnn2-c2cccc3ccccc23)cc1[N+](=O)[O-]. The number of nitrogens with zero attached hydrogens (tertiary/aromatic N) is 6. The molecule has 4 aromatic rings. The Hall–Kier alpha value is -4.14. The van der Waals surface area contributed by atoms with Crippen molar-refractivity contribution < 1.29 is 4.92 Å². The summed E-state index contributed by atoms with van der Waals surface area (Å²) >= 11 is 0. The van der Waals surface area contributed by atoms with Crippen molar-refractivity contribution in [3.05, 3.63) is 81.9 Å². The first-order valence-electron chi connectivity index (χ1n) is 8.44. The van der Waals surface area contributed by atoms with Gasteiger partial charge in [0.25, 0.3) is 11.6 Å². The Bertz CT molecular complexity index is 1190. The molecule has 28 heavy (non-hydrogen) atoms. The number of tetrazole rings is 1. The van der Waals surface area contributed by atoms with Crippen LogP contribution in [0.3, 0.4) is 0 Å². The number of anilines is 1. The molecule has 1 aromatic heterocycles. The number of hydrogen-bond donors (Lipinski definition) is 1. The van der Waals surface area contributed by atoms with Crippen molar-refractivity contribution in [1.82, 2.24) is 20.2 Å². The summed E-state index contributed by atoms with van der Waals surface area (Å²) in [4.78, 5) is 10.6. The lowest BCUT2D eigenvalue weighted by molar-refractivity contribution is -0.385. The Morgan fingerprint density at radius 3 is 2.82 bits per heavy atom. The van der Waals surface area contributed by atoms with Gasteiger partial charge in [0.1, 0.15) is 0 Å². The molecular weight excluding hydrogens is 358 g/mol. The molecule has 4 rings (SSSR count). The standard InChI is InChI=1S/C19H15N7O2/c1-13-9-10-14(11-18(13)26(27)28)12-20-21-19-22-23-24-25(19)17-8-4-6-15-5-2-3-7-16(15)17/h2-12H,1H3,(H,21,22,24)/b20-12+. The van der Waals surface area contributed by atoms with E-state index in [-0.39, 0.29) is 5.69 Å². The minimum Gasteiger partial charge on any atom is -0.258 e. The molecule has 0 radical (unpaired) electrons. The monoisotopic (exact) mass is 373 g/mol. The number of aryl methyl sites for hydroxylation is 1. The third-order valence-corrected chi connectivity index (χ3v) is 4.27. The Morgan fingerprint density at radius 2 is 1.96 bits per heavy atom. The zero-order valence-corrected chi connectivity index (χ0v) is 14.9. The molecule has 9 nitrogen and oxygen atoms in total. The van der Waals surface area contributed by atoms with Gasteiger partial charge in [-0.15, -0.1) is 0 Å². The molecule has 1 N–H and O–H groups in total. The first-order chi connectivity index (χ1) is 13.6. The molecule has 0 bridgehead atoms. The van der Waals surface area contributed by atoms with Crippen LogP contribution in [0.2, 0.25) is 0 Å². The van der Waals surface area contributed by atoms with Crippen LogP contribution in [0.1, 0.15) is 11.1 Å². The normalized spacial score (nSPS) is 11.2. The molecule has 0 aliphatic carbocycles. The minimum atomic E-state index is -0.416. The Kier molecular flexibility index (Phi) is 4.47. The molecule has 0 spiro atoms. The van der Waals surface area contributed by atoms with Gasteiger partial charge in [-0.1, -0.05) is 53.6 Å². The fraction of sp³-hybridized carbons (Fsp3) is 0.0526. The first-order valence-corrected chi connectivity index (χ1v) is 8.44. The van der Waals surface area contributed by atoms with Gasteiger partial charge in [-0.25, -0.2) is 5.43 Å². The molecular formula is C19H15N7O2. The van der Waals surface area contributed by atoms with Crippen LogP contribution >= 0.6 is 0 Å². The molecule has 0 amide bonds. The van der Waals surface area contributed by atoms with E-state index in [2.05, 4.69) is 26.1 Å². The summed E-state index contributed by atoms with van der Waals surface area (Å²) < 4.78 is 1.55. The highest BCUT2D eigenvalue weighted by atomic mass is 16.6. The average molecular weight is 373 g/mol. The van der Waals surface area contributed by atoms with E-state index in [1.54, 1.807) is 23.7 Å². The van der Waals surface area contributed by atoms with Gasteiger partial charge < -0.3 is 0 Å². The lowest BCUT2D eigenvalue weighted by atomic mass is 10.1. The second-order valence-electron chi connectivity index (χ2n) is 6.09. The van der Waals surface area contributed by atoms with E-state index >= 15 is 0 Å². The summed E-state index contributed by atoms with van der Waals surface area (Å²) in [5, 5.41) is 29.0. The van der Waals surface area contributed by atoms with E-state index in [0.29, 0.717) is 17.1 Å². The highest BCUT2D eigenvalue weighted by molar-refractivity contribution is 5.90. The van der Waals surface area contributed by atoms with Crippen LogP contribution in [0.25, 0.3) is 16.5 Å². The number of nitrogens with one attached hydrogen (secondary N) is 1. The number of nitro benzene ring substituents is 1. The van der Waals surface area contributed by atoms with Crippen LogP contribution in [0.5, 0.6) is 0 Å². The molecule has 9 heteroatoms. The molecule has 0 fully saturated rings. The van der Waals surface area contributed by atoms with Crippen molar-refractivity contribution in [3.63, 3.8) is 0 Å². The maximum absolute atomic E-state index is 11.1. The van der Waals surface area contributed by atoms with Gasteiger partial charge in [-0.3, -0.25) is 10.1 Å². The molecule has 0 aliphatic heterocycles. The van der Waals surface area contributed by atoms with Gasteiger partial charge >= 0.3 is 0 Å². The minimum absolute atomic E-state index is 0.0459. The molecule has 138 valence electrons. The van der Waals surface area contributed by atoms with Crippen molar-refractivity contribution in [2.45, 2.75) is 6.92 Å². The lowest BCUT2D eigenvalue weighted by Crippen LogP contribution is -2.04. The van der Waals surface area contributed by atoms with Gasteiger partial charge in [0, 0.05) is 22.6 Å². The molecule has 0 aliphatic rings.